The second-order valence-electron chi connectivity index (χ2n) is 4.00. The van der Waals surface area contributed by atoms with Crippen LogP contribution in [0.1, 0.15) is 0 Å². The molecule has 0 amide bonds. The molecule has 1 aromatic heterocycles. The molecule has 2 aromatic carbocycles. The zero-order chi connectivity index (χ0) is 13.2. The summed E-state index contributed by atoms with van der Waals surface area (Å²) in [7, 11) is 0. The zero-order valence-corrected chi connectivity index (χ0v) is 10.6. The highest BCUT2D eigenvalue weighted by Crippen LogP contribution is 2.29. The van der Waals surface area contributed by atoms with Crippen molar-refractivity contribution in [3.05, 3.63) is 53.7 Å². The van der Waals surface area contributed by atoms with Gasteiger partial charge in [0.2, 0.25) is 0 Å². The number of nitrogens with two attached hydrogens (primary N) is 1. The molecule has 94 valence electrons. The molecule has 0 atom stereocenters. The predicted molar refractivity (Wildman–Crippen MR) is 75.5 cm³/mol. The number of hydrogen-bond acceptors (Lipinski definition) is 4. The number of ether oxygens (including phenoxy) is 1. The molecule has 1 heterocycles. The third-order valence-corrected chi connectivity index (χ3v) is 2.94. The fraction of sp³-hybridized carbons (Fsp3) is 0. The van der Waals surface area contributed by atoms with Gasteiger partial charge >= 0.3 is 6.01 Å². The quantitative estimate of drug-likeness (QED) is 0.723. The molecule has 0 saturated heterocycles. The van der Waals surface area contributed by atoms with Crippen molar-refractivity contribution in [3.8, 4) is 11.8 Å². The van der Waals surface area contributed by atoms with Crippen LogP contribution in [0.5, 0.6) is 11.8 Å². The Morgan fingerprint density at radius 1 is 1.11 bits per heavy atom. The minimum atomic E-state index is 0.242. The van der Waals surface area contributed by atoms with Crippen LogP contribution in [0.2, 0.25) is 5.02 Å². The molecule has 0 spiro atoms. The Morgan fingerprint density at radius 3 is 2.84 bits per heavy atom. The number of nitrogens with zero attached hydrogens (tertiary/aromatic N) is 2. The van der Waals surface area contributed by atoms with Gasteiger partial charge in [0, 0.05) is 23.3 Å². The molecular weight excluding hydrogens is 262 g/mol. The van der Waals surface area contributed by atoms with Crippen LogP contribution in [0.4, 0.5) is 5.69 Å². The van der Waals surface area contributed by atoms with Gasteiger partial charge in [0.05, 0.1) is 10.5 Å². The number of anilines is 1. The lowest BCUT2D eigenvalue weighted by atomic mass is 10.2. The first-order chi connectivity index (χ1) is 9.22. The summed E-state index contributed by atoms with van der Waals surface area (Å²) in [4.78, 5) is 8.45. The highest BCUT2D eigenvalue weighted by Gasteiger charge is 2.06. The molecule has 3 rings (SSSR count). The lowest BCUT2D eigenvalue weighted by molar-refractivity contribution is 0.445. The largest absolute Gasteiger partial charge is 0.423 e. The minimum Gasteiger partial charge on any atom is -0.423 e. The van der Waals surface area contributed by atoms with E-state index in [0.29, 0.717) is 16.5 Å². The Labute approximate surface area is 114 Å². The second-order valence-corrected chi connectivity index (χ2v) is 4.41. The van der Waals surface area contributed by atoms with Crippen molar-refractivity contribution in [2.24, 2.45) is 0 Å². The van der Waals surface area contributed by atoms with E-state index in [2.05, 4.69) is 9.97 Å². The smallest absolute Gasteiger partial charge is 0.322 e. The van der Waals surface area contributed by atoms with Crippen LogP contribution >= 0.6 is 11.6 Å². The van der Waals surface area contributed by atoms with E-state index < -0.39 is 0 Å². The molecule has 0 saturated carbocycles. The number of para-hydroxylation sites is 1. The summed E-state index contributed by atoms with van der Waals surface area (Å²) in [6, 6.07) is 12.9. The van der Waals surface area contributed by atoms with E-state index in [1.807, 2.05) is 24.3 Å². The molecular formula is C14H10ClN3O. The van der Waals surface area contributed by atoms with Gasteiger partial charge in [0.15, 0.2) is 5.75 Å². The van der Waals surface area contributed by atoms with E-state index in [1.54, 1.807) is 24.4 Å². The van der Waals surface area contributed by atoms with Gasteiger partial charge in [-0.1, -0.05) is 29.8 Å². The standard InChI is InChI=1S/C14H10ClN3O/c15-11-6-5-10(16)7-13(11)19-14-17-8-9-3-1-2-4-12(9)18-14/h1-8H,16H2. The van der Waals surface area contributed by atoms with Crippen molar-refractivity contribution in [1.29, 1.82) is 0 Å². The maximum absolute atomic E-state index is 6.03. The molecule has 0 radical (unpaired) electrons. The summed E-state index contributed by atoms with van der Waals surface area (Å²) in [6.45, 7) is 0. The normalized spacial score (nSPS) is 10.6. The highest BCUT2D eigenvalue weighted by atomic mass is 35.5. The van der Waals surface area contributed by atoms with Crippen molar-refractivity contribution in [2.45, 2.75) is 0 Å². The molecule has 0 aliphatic rings. The van der Waals surface area contributed by atoms with Crippen molar-refractivity contribution < 1.29 is 4.74 Å². The molecule has 0 unspecified atom stereocenters. The molecule has 3 aromatic rings. The molecule has 19 heavy (non-hydrogen) atoms. The second kappa shape index (κ2) is 4.74. The van der Waals surface area contributed by atoms with Crippen LogP contribution < -0.4 is 10.5 Å². The average molecular weight is 272 g/mol. The van der Waals surface area contributed by atoms with Gasteiger partial charge in [-0.25, -0.2) is 4.98 Å². The first-order valence-corrected chi connectivity index (χ1v) is 6.05. The van der Waals surface area contributed by atoms with E-state index in [4.69, 9.17) is 22.1 Å². The van der Waals surface area contributed by atoms with Crippen LogP contribution in [0.3, 0.4) is 0 Å². The summed E-state index contributed by atoms with van der Waals surface area (Å²) < 4.78 is 5.56. The van der Waals surface area contributed by atoms with Crippen LogP contribution in [0, 0.1) is 0 Å². The van der Waals surface area contributed by atoms with E-state index in [-0.39, 0.29) is 6.01 Å². The van der Waals surface area contributed by atoms with Crippen molar-refractivity contribution in [1.82, 2.24) is 9.97 Å². The molecule has 0 aliphatic heterocycles. The molecule has 5 heteroatoms. The van der Waals surface area contributed by atoms with Gasteiger partial charge < -0.3 is 10.5 Å². The first kappa shape index (κ1) is 11.7. The van der Waals surface area contributed by atoms with Gasteiger partial charge in [-0.3, -0.25) is 0 Å². The van der Waals surface area contributed by atoms with Crippen LogP contribution in [-0.4, -0.2) is 9.97 Å². The molecule has 0 bridgehead atoms. The van der Waals surface area contributed by atoms with Gasteiger partial charge in [-0.15, -0.1) is 0 Å². The Bertz CT molecular complexity index is 746. The Kier molecular flexibility index (Phi) is 2.93. The number of nitrogen functional groups attached to an aromatic ring is 1. The summed E-state index contributed by atoms with van der Waals surface area (Å²) in [6.07, 6.45) is 1.71. The van der Waals surface area contributed by atoms with Crippen molar-refractivity contribution in [3.63, 3.8) is 0 Å². The summed E-state index contributed by atoms with van der Waals surface area (Å²) >= 11 is 6.03. The minimum absolute atomic E-state index is 0.242. The Balaban J connectivity index is 1.98. The number of aromatic nitrogens is 2. The van der Waals surface area contributed by atoms with Crippen LogP contribution in [0.25, 0.3) is 10.9 Å². The number of hydrogen-bond donors (Lipinski definition) is 1. The van der Waals surface area contributed by atoms with Crippen molar-refractivity contribution in [2.75, 3.05) is 5.73 Å². The van der Waals surface area contributed by atoms with Gasteiger partial charge in [0.1, 0.15) is 0 Å². The topological polar surface area (TPSA) is 61.0 Å². The molecule has 0 aliphatic carbocycles. The first-order valence-electron chi connectivity index (χ1n) is 5.67. The number of rotatable bonds is 2. The third kappa shape index (κ3) is 2.44. The van der Waals surface area contributed by atoms with Crippen LogP contribution in [-0.2, 0) is 0 Å². The highest BCUT2D eigenvalue weighted by molar-refractivity contribution is 6.32. The number of benzene rings is 2. The zero-order valence-electron chi connectivity index (χ0n) is 9.88. The number of halogens is 1. The molecule has 0 fully saturated rings. The lowest BCUT2D eigenvalue weighted by Crippen LogP contribution is -1.94. The summed E-state index contributed by atoms with van der Waals surface area (Å²) in [5, 5.41) is 1.42. The SMILES string of the molecule is Nc1ccc(Cl)c(Oc2ncc3ccccc3n2)c1. The summed E-state index contributed by atoms with van der Waals surface area (Å²) in [5.41, 5.74) is 7.07. The lowest BCUT2D eigenvalue weighted by Gasteiger charge is -2.07. The fourth-order valence-corrected chi connectivity index (χ4v) is 1.86. The fourth-order valence-electron chi connectivity index (χ4n) is 1.70. The third-order valence-electron chi connectivity index (χ3n) is 2.62. The average Bonchev–Trinajstić information content (AvgIpc) is 2.43. The summed E-state index contributed by atoms with van der Waals surface area (Å²) in [5.74, 6) is 0.442. The van der Waals surface area contributed by atoms with E-state index in [0.717, 1.165) is 10.9 Å². The Morgan fingerprint density at radius 2 is 1.95 bits per heavy atom. The van der Waals surface area contributed by atoms with Gasteiger partial charge in [-0.05, 0) is 18.2 Å². The van der Waals surface area contributed by atoms with E-state index in [1.165, 1.54) is 0 Å². The van der Waals surface area contributed by atoms with E-state index in [9.17, 15) is 0 Å². The predicted octanol–water partition coefficient (Wildman–Crippen LogP) is 3.66. The maximum atomic E-state index is 6.03. The van der Waals surface area contributed by atoms with Crippen LogP contribution in [0.15, 0.2) is 48.7 Å². The molecule has 4 nitrogen and oxygen atoms in total. The van der Waals surface area contributed by atoms with E-state index >= 15 is 0 Å². The number of fused-ring (bicyclic) bond motifs is 1. The van der Waals surface area contributed by atoms with Gasteiger partial charge in [0.25, 0.3) is 0 Å². The Hall–Kier alpha value is -2.33. The van der Waals surface area contributed by atoms with Crippen molar-refractivity contribution >= 4 is 28.2 Å². The monoisotopic (exact) mass is 271 g/mol. The van der Waals surface area contributed by atoms with Gasteiger partial charge in [-0.2, -0.15) is 4.98 Å². The maximum Gasteiger partial charge on any atom is 0.322 e. The molecule has 2 N–H and O–H groups in total.